The topological polar surface area (TPSA) is 68.3 Å². The minimum atomic E-state index is -0.932. The van der Waals surface area contributed by atoms with Gasteiger partial charge in [-0.1, -0.05) is 36.4 Å². The molecule has 0 aliphatic heterocycles. The van der Waals surface area contributed by atoms with E-state index in [4.69, 9.17) is 28.4 Å². The van der Waals surface area contributed by atoms with Crippen molar-refractivity contribution in [1.29, 1.82) is 0 Å². The number of benzene rings is 2. The second-order valence-corrected chi connectivity index (χ2v) is 8.80. The summed E-state index contributed by atoms with van der Waals surface area (Å²) in [6.45, 7) is 5.16. The predicted molar refractivity (Wildman–Crippen MR) is 142 cm³/mol. The molecule has 0 spiro atoms. The van der Waals surface area contributed by atoms with Gasteiger partial charge in [0.25, 0.3) is 0 Å². The van der Waals surface area contributed by atoms with Crippen molar-refractivity contribution >= 4 is 15.9 Å². The van der Waals surface area contributed by atoms with Crippen LogP contribution in [0, 0.1) is 11.6 Å². The third kappa shape index (κ3) is 11.1. The molecule has 0 fully saturated rings. The van der Waals surface area contributed by atoms with E-state index in [2.05, 4.69) is 20.9 Å². The quantitative estimate of drug-likeness (QED) is 0.135. The average molecular weight is 596 g/mol. The molecule has 0 atom stereocenters. The highest BCUT2D eigenvalue weighted by atomic mass is 79.9. The van der Waals surface area contributed by atoms with Crippen molar-refractivity contribution in [2.75, 3.05) is 66.1 Å². The number of pyridine rings is 1. The van der Waals surface area contributed by atoms with Crippen LogP contribution in [0.5, 0.6) is 5.88 Å². The van der Waals surface area contributed by atoms with Crippen molar-refractivity contribution in [1.82, 2.24) is 4.98 Å². The summed E-state index contributed by atoms with van der Waals surface area (Å²) in [5.41, 5.74) is 1.73. The van der Waals surface area contributed by atoms with E-state index in [1.807, 2.05) is 30.3 Å². The Morgan fingerprint density at radius 1 is 0.605 bits per heavy atom. The van der Waals surface area contributed by atoms with Gasteiger partial charge in [-0.15, -0.1) is 0 Å². The van der Waals surface area contributed by atoms with Crippen LogP contribution >= 0.6 is 15.9 Å². The smallest absolute Gasteiger partial charge is 0.213 e. The Morgan fingerprint density at radius 2 is 1.18 bits per heavy atom. The molecule has 0 amide bonds. The van der Waals surface area contributed by atoms with Gasteiger partial charge in [-0.25, -0.2) is 13.8 Å². The SMILES string of the molecule is Fc1c(Br)ccc(-c2ccc(OCCOCCOCCOCCOCCOCc3ccccc3)nc2)c1F. The second kappa shape index (κ2) is 17.9. The molecular weight excluding hydrogens is 564 g/mol. The van der Waals surface area contributed by atoms with Crippen LogP contribution in [-0.2, 0) is 30.3 Å². The van der Waals surface area contributed by atoms with Crippen molar-refractivity contribution in [2.45, 2.75) is 6.61 Å². The average Bonchev–Trinajstić information content (AvgIpc) is 2.94. The Kier molecular flexibility index (Phi) is 14.2. The fraction of sp³-hybridized carbons (Fsp3) is 0.393. The summed E-state index contributed by atoms with van der Waals surface area (Å²) in [7, 11) is 0. The highest BCUT2D eigenvalue weighted by Gasteiger charge is 2.13. The molecule has 0 aliphatic rings. The van der Waals surface area contributed by atoms with Crippen LogP contribution in [-0.4, -0.2) is 71.1 Å². The van der Waals surface area contributed by atoms with Gasteiger partial charge in [0.2, 0.25) is 5.88 Å². The maximum Gasteiger partial charge on any atom is 0.213 e. The molecule has 206 valence electrons. The molecule has 1 aromatic heterocycles. The van der Waals surface area contributed by atoms with Crippen LogP contribution in [0.1, 0.15) is 5.56 Å². The summed E-state index contributed by atoms with van der Waals surface area (Å²) in [6.07, 6.45) is 1.44. The van der Waals surface area contributed by atoms with Crippen LogP contribution in [0.25, 0.3) is 11.1 Å². The van der Waals surface area contributed by atoms with Gasteiger partial charge in [-0.2, -0.15) is 0 Å². The fourth-order valence-corrected chi connectivity index (χ4v) is 3.53. The van der Waals surface area contributed by atoms with Crippen LogP contribution in [0.3, 0.4) is 0 Å². The van der Waals surface area contributed by atoms with Gasteiger partial charge in [0.15, 0.2) is 11.6 Å². The molecule has 2 aromatic carbocycles. The third-order valence-corrected chi connectivity index (χ3v) is 5.77. The number of aromatic nitrogens is 1. The summed E-state index contributed by atoms with van der Waals surface area (Å²) < 4.78 is 60.8. The highest BCUT2D eigenvalue weighted by Crippen LogP contribution is 2.28. The second-order valence-electron chi connectivity index (χ2n) is 7.94. The zero-order chi connectivity index (χ0) is 26.8. The summed E-state index contributed by atoms with van der Waals surface area (Å²) in [5.74, 6) is -1.49. The molecular formula is C28H32BrF2NO6. The lowest BCUT2D eigenvalue weighted by Crippen LogP contribution is -2.14. The molecule has 0 aliphatic carbocycles. The minimum absolute atomic E-state index is 0.0726. The Bertz CT molecular complexity index is 1060. The number of hydrogen-bond acceptors (Lipinski definition) is 7. The summed E-state index contributed by atoms with van der Waals surface area (Å²) in [5, 5.41) is 0. The first kappa shape index (κ1) is 30.1. The van der Waals surface area contributed by atoms with Gasteiger partial charge in [-0.3, -0.25) is 0 Å². The van der Waals surface area contributed by atoms with E-state index < -0.39 is 11.6 Å². The maximum atomic E-state index is 14.1. The van der Waals surface area contributed by atoms with Gasteiger partial charge in [0, 0.05) is 23.4 Å². The standard InChI is InChI=1S/C28H32BrF2NO6/c29-25-8-7-24(27(30)28(25)31)23-6-9-26(32-20-23)38-19-18-36-15-14-34-11-10-33-12-13-35-16-17-37-21-22-4-2-1-3-5-22/h1-9,20H,10-19,21H2. The molecule has 0 unspecified atom stereocenters. The minimum Gasteiger partial charge on any atom is -0.475 e. The lowest BCUT2D eigenvalue weighted by atomic mass is 10.1. The first-order valence-electron chi connectivity index (χ1n) is 12.3. The number of hydrogen-bond donors (Lipinski definition) is 0. The molecule has 0 radical (unpaired) electrons. The van der Waals surface area contributed by atoms with E-state index in [-0.39, 0.29) is 10.0 Å². The molecule has 10 heteroatoms. The normalized spacial score (nSPS) is 11.1. The Morgan fingerprint density at radius 3 is 1.76 bits per heavy atom. The highest BCUT2D eigenvalue weighted by molar-refractivity contribution is 9.10. The number of nitrogens with zero attached hydrogens (tertiary/aromatic N) is 1. The first-order valence-corrected chi connectivity index (χ1v) is 13.1. The van der Waals surface area contributed by atoms with E-state index in [1.165, 1.54) is 18.3 Å². The van der Waals surface area contributed by atoms with Crippen molar-refractivity contribution in [3.05, 3.63) is 82.5 Å². The third-order valence-electron chi connectivity index (χ3n) is 5.16. The molecule has 0 N–H and O–H groups in total. The summed E-state index contributed by atoms with van der Waals surface area (Å²) in [4.78, 5) is 4.13. The van der Waals surface area contributed by atoms with Crippen LogP contribution in [0.4, 0.5) is 8.78 Å². The summed E-state index contributed by atoms with van der Waals surface area (Å²) >= 11 is 2.96. The van der Waals surface area contributed by atoms with E-state index in [1.54, 1.807) is 12.1 Å². The number of ether oxygens (including phenoxy) is 6. The van der Waals surface area contributed by atoms with E-state index in [9.17, 15) is 8.78 Å². The van der Waals surface area contributed by atoms with Crippen LogP contribution in [0.2, 0.25) is 0 Å². The number of rotatable bonds is 19. The molecule has 0 bridgehead atoms. The molecule has 38 heavy (non-hydrogen) atoms. The zero-order valence-electron chi connectivity index (χ0n) is 21.1. The fourth-order valence-electron chi connectivity index (χ4n) is 3.22. The molecule has 3 rings (SSSR count). The molecule has 0 saturated heterocycles. The van der Waals surface area contributed by atoms with Gasteiger partial charge < -0.3 is 28.4 Å². The monoisotopic (exact) mass is 595 g/mol. The van der Waals surface area contributed by atoms with Gasteiger partial charge in [0.1, 0.15) is 6.61 Å². The van der Waals surface area contributed by atoms with Crippen LogP contribution in [0.15, 0.2) is 65.3 Å². The van der Waals surface area contributed by atoms with Crippen LogP contribution < -0.4 is 4.74 Å². The van der Waals surface area contributed by atoms with Crippen molar-refractivity contribution in [2.24, 2.45) is 0 Å². The Hall–Kier alpha value is -2.47. The molecule has 3 aromatic rings. The van der Waals surface area contributed by atoms with Crippen molar-refractivity contribution in [3.8, 4) is 17.0 Å². The maximum absolute atomic E-state index is 14.1. The largest absolute Gasteiger partial charge is 0.475 e. The lowest BCUT2D eigenvalue weighted by Gasteiger charge is -2.09. The zero-order valence-corrected chi connectivity index (χ0v) is 22.7. The molecule has 0 saturated carbocycles. The van der Waals surface area contributed by atoms with Crippen molar-refractivity contribution < 1.29 is 37.2 Å². The van der Waals surface area contributed by atoms with E-state index in [0.717, 1.165) is 5.56 Å². The van der Waals surface area contributed by atoms with Gasteiger partial charge in [-0.05, 0) is 33.6 Å². The predicted octanol–water partition coefficient (Wildman–Crippen LogP) is 5.45. The Labute approximate surface area is 230 Å². The van der Waals surface area contributed by atoms with E-state index >= 15 is 0 Å². The first-order chi connectivity index (χ1) is 18.6. The van der Waals surface area contributed by atoms with E-state index in [0.29, 0.717) is 84.1 Å². The van der Waals surface area contributed by atoms with Gasteiger partial charge >= 0.3 is 0 Å². The number of halogens is 3. The summed E-state index contributed by atoms with van der Waals surface area (Å²) in [6, 6.07) is 16.2. The molecule has 1 heterocycles. The van der Waals surface area contributed by atoms with Gasteiger partial charge in [0.05, 0.1) is 70.5 Å². The van der Waals surface area contributed by atoms with Crippen molar-refractivity contribution in [3.63, 3.8) is 0 Å². The Balaban J connectivity index is 1.10. The molecule has 7 nitrogen and oxygen atoms in total. The lowest BCUT2D eigenvalue weighted by molar-refractivity contribution is -0.0140.